The van der Waals surface area contributed by atoms with Crippen LogP contribution in [0, 0.1) is 5.92 Å². The van der Waals surface area contributed by atoms with E-state index in [-0.39, 0.29) is 11.8 Å². The fraction of sp³-hybridized carbons (Fsp3) is 0.600. The predicted octanol–water partition coefficient (Wildman–Crippen LogP) is 1.58. The van der Waals surface area contributed by atoms with Crippen LogP contribution in [0.15, 0.2) is 18.3 Å². The summed E-state index contributed by atoms with van der Waals surface area (Å²) in [7, 11) is 0. The molecule has 1 aliphatic rings. The Morgan fingerprint density at radius 2 is 2.25 bits per heavy atom. The van der Waals surface area contributed by atoms with Crippen LogP contribution in [0.3, 0.4) is 0 Å². The lowest BCUT2D eigenvalue weighted by Gasteiger charge is -2.28. The molecule has 1 aromatic heterocycles. The molecule has 5 heteroatoms. The van der Waals surface area contributed by atoms with Crippen molar-refractivity contribution in [2.24, 2.45) is 5.92 Å². The van der Waals surface area contributed by atoms with Crippen LogP contribution in [0.2, 0.25) is 0 Å². The molecule has 20 heavy (non-hydrogen) atoms. The van der Waals surface area contributed by atoms with E-state index in [1.807, 2.05) is 26.0 Å². The maximum absolute atomic E-state index is 11.8. The molecule has 0 bridgehead atoms. The molecule has 2 heterocycles. The molecular weight excluding hydrogens is 254 g/mol. The van der Waals surface area contributed by atoms with E-state index in [0.717, 1.165) is 44.1 Å². The third-order valence-electron chi connectivity index (χ3n) is 3.67. The van der Waals surface area contributed by atoms with Crippen LogP contribution in [0.5, 0.6) is 0 Å². The quantitative estimate of drug-likeness (QED) is 0.888. The van der Waals surface area contributed by atoms with Gasteiger partial charge in [-0.15, -0.1) is 0 Å². The Balaban J connectivity index is 1.93. The van der Waals surface area contributed by atoms with Gasteiger partial charge in [-0.25, -0.2) is 4.98 Å². The minimum absolute atomic E-state index is 0.0653. The summed E-state index contributed by atoms with van der Waals surface area (Å²) < 4.78 is 5.34. The first-order valence-electron chi connectivity index (χ1n) is 7.26. The zero-order valence-corrected chi connectivity index (χ0v) is 12.3. The average molecular weight is 277 g/mol. The molecular formula is C15H23N3O2. The van der Waals surface area contributed by atoms with Gasteiger partial charge in [0.25, 0.3) is 0 Å². The van der Waals surface area contributed by atoms with Gasteiger partial charge in [-0.1, -0.05) is 13.8 Å². The summed E-state index contributed by atoms with van der Waals surface area (Å²) >= 11 is 0. The molecule has 1 atom stereocenters. The van der Waals surface area contributed by atoms with Crippen LogP contribution in [-0.2, 0) is 16.1 Å². The van der Waals surface area contributed by atoms with E-state index in [1.165, 1.54) is 0 Å². The third-order valence-corrected chi connectivity index (χ3v) is 3.67. The number of nitrogens with zero attached hydrogens (tertiary/aromatic N) is 2. The highest BCUT2D eigenvalue weighted by Gasteiger charge is 2.13. The standard InChI is InChI=1S/C15H23N3O2/c1-3-12(2)15(19)17-11-13-4-5-16-14(10-13)18-6-8-20-9-7-18/h4-5,10,12H,3,6-9,11H2,1-2H3,(H,17,19). The number of hydrogen-bond donors (Lipinski definition) is 1. The van der Waals surface area contributed by atoms with E-state index in [1.54, 1.807) is 6.20 Å². The summed E-state index contributed by atoms with van der Waals surface area (Å²) in [6.07, 6.45) is 2.66. The highest BCUT2D eigenvalue weighted by molar-refractivity contribution is 5.78. The van der Waals surface area contributed by atoms with Crippen molar-refractivity contribution < 1.29 is 9.53 Å². The molecule has 0 aromatic carbocycles. The van der Waals surface area contributed by atoms with E-state index in [4.69, 9.17) is 4.74 Å². The monoisotopic (exact) mass is 277 g/mol. The van der Waals surface area contributed by atoms with E-state index in [0.29, 0.717) is 6.54 Å². The van der Waals surface area contributed by atoms with Crippen LogP contribution < -0.4 is 10.2 Å². The van der Waals surface area contributed by atoms with Crippen LogP contribution in [0.4, 0.5) is 5.82 Å². The molecule has 0 radical (unpaired) electrons. The van der Waals surface area contributed by atoms with Crippen LogP contribution in [0.25, 0.3) is 0 Å². The lowest BCUT2D eigenvalue weighted by molar-refractivity contribution is -0.124. The minimum atomic E-state index is 0.0653. The van der Waals surface area contributed by atoms with Gasteiger partial charge >= 0.3 is 0 Å². The molecule has 1 amide bonds. The van der Waals surface area contributed by atoms with Gasteiger partial charge < -0.3 is 15.0 Å². The first kappa shape index (κ1) is 14.8. The Morgan fingerprint density at radius 1 is 1.50 bits per heavy atom. The normalized spacial score (nSPS) is 16.8. The zero-order chi connectivity index (χ0) is 14.4. The summed E-state index contributed by atoms with van der Waals surface area (Å²) in [5, 5.41) is 2.97. The number of ether oxygens (including phenoxy) is 1. The van der Waals surface area contributed by atoms with Crippen molar-refractivity contribution in [3.8, 4) is 0 Å². The van der Waals surface area contributed by atoms with E-state index in [9.17, 15) is 4.79 Å². The summed E-state index contributed by atoms with van der Waals surface area (Å²) in [6.45, 7) is 7.76. The number of pyridine rings is 1. The fourth-order valence-electron chi connectivity index (χ4n) is 2.08. The van der Waals surface area contributed by atoms with Crippen molar-refractivity contribution in [3.63, 3.8) is 0 Å². The summed E-state index contributed by atoms with van der Waals surface area (Å²) in [5.41, 5.74) is 1.08. The molecule has 1 unspecified atom stereocenters. The Bertz CT molecular complexity index is 444. The molecule has 0 spiro atoms. The first-order valence-corrected chi connectivity index (χ1v) is 7.26. The number of carbonyl (C=O) groups is 1. The van der Waals surface area contributed by atoms with Gasteiger partial charge in [0.1, 0.15) is 5.82 Å². The number of amides is 1. The maximum atomic E-state index is 11.8. The lowest BCUT2D eigenvalue weighted by Crippen LogP contribution is -2.36. The number of morpholine rings is 1. The SMILES string of the molecule is CCC(C)C(=O)NCc1ccnc(N2CCOCC2)c1. The Labute approximate surface area is 120 Å². The van der Waals surface area contributed by atoms with Gasteiger partial charge in [0.2, 0.25) is 5.91 Å². The maximum Gasteiger partial charge on any atom is 0.223 e. The number of anilines is 1. The Hall–Kier alpha value is -1.62. The molecule has 1 aliphatic heterocycles. The van der Waals surface area contributed by atoms with E-state index in [2.05, 4.69) is 15.2 Å². The molecule has 1 saturated heterocycles. The molecule has 1 aromatic rings. The largest absolute Gasteiger partial charge is 0.378 e. The number of rotatable bonds is 5. The first-order chi connectivity index (χ1) is 9.70. The number of nitrogens with one attached hydrogen (secondary N) is 1. The Kier molecular flexibility index (Phi) is 5.35. The minimum Gasteiger partial charge on any atom is -0.378 e. The van der Waals surface area contributed by atoms with E-state index < -0.39 is 0 Å². The molecule has 1 N–H and O–H groups in total. The van der Waals surface area contributed by atoms with E-state index >= 15 is 0 Å². The van der Waals surface area contributed by atoms with Gasteiger partial charge in [0.05, 0.1) is 13.2 Å². The molecule has 1 fully saturated rings. The van der Waals surface area contributed by atoms with Crippen molar-refractivity contribution in [3.05, 3.63) is 23.9 Å². The molecule has 110 valence electrons. The van der Waals surface area contributed by atoms with Crippen LogP contribution in [-0.4, -0.2) is 37.2 Å². The van der Waals surface area contributed by atoms with Crippen LogP contribution in [0.1, 0.15) is 25.8 Å². The van der Waals surface area contributed by atoms with Crippen molar-refractivity contribution >= 4 is 11.7 Å². The highest BCUT2D eigenvalue weighted by Crippen LogP contribution is 2.14. The summed E-state index contributed by atoms with van der Waals surface area (Å²) in [5.74, 6) is 1.14. The summed E-state index contributed by atoms with van der Waals surface area (Å²) in [4.78, 5) is 18.4. The van der Waals surface area contributed by atoms with Crippen molar-refractivity contribution in [1.29, 1.82) is 0 Å². The van der Waals surface area contributed by atoms with Gasteiger partial charge in [0.15, 0.2) is 0 Å². The van der Waals surface area contributed by atoms with Crippen molar-refractivity contribution in [1.82, 2.24) is 10.3 Å². The van der Waals surface area contributed by atoms with Gasteiger partial charge in [-0.3, -0.25) is 4.79 Å². The van der Waals surface area contributed by atoms with Crippen molar-refractivity contribution in [2.45, 2.75) is 26.8 Å². The molecule has 0 saturated carbocycles. The molecule has 5 nitrogen and oxygen atoms in total. The number of aromatic nitrogens is 1. The Morgan fingerprint density at radius 3 is 2.95 bits per heavy atom. The van der Waals surface area contributed by atoms with Gasteiger partial charge in [-0.2, -0.15) is 0 Å². The second-order valence-corrected chi connectivity index (χ2v) is 5.15. The van der Waals surface area contributed by atoms with Crippen molar-refractivity contribution in [2.75, 3.05) is 31.2 Å². The topological polar surface area (TPSA) is 54.5 Å². The summed E-state index contributed by atoms with van der Waals surface area (Å²) in [6, 6.07) is 3.99. The lowest BCUT2D eigenvalue weighted by atomic mass is 10.1. The predicted molar refractivity (Wildman–Crippen MR) is 78.6 cm³/mol. The van der Waals surface area contributed by atoms with Gasteiger partial charge in [0, 0.05) is 31.7 Å². The third kappa shape index (κ3) is 3.93. The van der Waals surface area contributed by atoms with Crippen LogP contribution >= 0.6 is 0 Å². The van der Waals surface area contributed by atoms with Gasteiger partial charge in [-0.05, 0) is 24.1 Å². The second-order valence-electron chi connectivity index (χ2n) is 5.15. The number of hydrogen-bond acceptors (Lipinski definition) is 4. The fourth-order valence-corrected chi connectivity index (χ4v) is 2.08. The number of carbonyl (C=O) groups excluding carboxylic acids is 1. The zero-order valence-electron chi connectivity index (χ0n) is 12.3. The highest BCUT2D eigenvalue weighted by atomic mass is 16.5. The molecule has 0 aliphatic carbocycles. The molecule has 2 rings (SSSR count). The second kappa shape index (κ2) is 7.24. The average Bonchev–Trinajstić information content (AvgIpc) is 2.53. The smallest absolute Gasteiger partial charge is 0.223 e.